The lowest BCUT2D eigenvalue weighted by Gasteiger charge is -2.06. The van der Waals surface area contributed by atoms with E-state index < -0.39 is 0 Å². The van der Waals surface area contributed by atoms with Crippen LogP contribution in [0.3, 0.4) is 0 Å². The highest BCUT2D eigenvalue weighted by Crippen LogP contribution is 2.22. The Kier molecular flexibility index (Phi) is 4.50. The van der Waals surface area contributed by atoms with Crippen LogP contribution in [0.15, 0.2) is 49.8 Å². The maximum Gasteiger partial charge on any atom is 0.113 e. The molecule has 4 heteroatoms. The van der Waals surface area contributed by atoms with Gasteiger partial charge in [-0.15, -0.1) is 0 Å². The molecule has 0 saturated carbocycles. The zero-order chi connectivity index (χ0) is 12.4. The van der Waals surface area contributed by atoms with Crippen LogP contribution in [-0.4, -0.2) is 7.85 Å². The summed E-state index contributed by atoms with van der Waals surface area (Å²) >= 11 is 10.4. The van der Waals surface area contributed by atoms with Crippen molar-refractivity contribution < 1.29 is 0 Å². The van der Waals surface area contributed by atoms with Crippen LogP contribution in [0.25, 0.3) is 0 Å². The molecule has 2 aromatic carbocycles. The van der Waals surface area contributed by atoms with Gasteiger partial charge in [0.15, 0.2) is 0 Å². The van der Waals surface area contributed by atoms with Crippen LogP contribution in [-0.2, 0) is 6.42 Å². The van der Waals surface area contributed by atoms with Crippen LogP contribution in [0.5, 0.6) is 0 Å². The molecule has 0 spiro atoms. The highest BCUT2D eigenvalue weighted by atomic mass is 79.9. The molecule has 2 aromatic rings. The lowest BCUT2D eigenvalue weighted by atomic mass is 9.92. The molecule has 0 atom stereocenters. The Morgan fingerprint density at radius 1 is 0.706 bits per heavy atom. The normalized spacial score (nSPS) is 10.5. The fraction of sp³-hybridized carbons (Fsp3) is 0.0769. The Hall–Kier alpha value is -0.0551. The van der Waals surface area contributed by atoms with E-state index in [9.17, 15) is 0 Å². The first-order chi connectivity index (χ1) is 8.02. The van der Waals surface area contributed by atoms with E-state index in [0.29, 0.717) is 0 Å². The minimum absolute atomic E-state index is 0.781. The zero-order valence-corrected chi connectivity index (χ0v) is 13.6. The van der Waals surface area contributed by atoms with Gasteiger partial charge in [0.05, 0.1) is 0 Å². The largest absolute Gasteiger partial charge is 0.113 e. The fourth-order valence-electron chi connectivity index (χ4n) is 1.73. The van der Waals surface area contributed by atoms with Gasteiger partial charge in [-0.1, -0.05) is 65.4 Å². The number of hydrogen-bond donors (Lipinski definition) is 0. The summed E-state index contributed by atoms with van der Waals surface area (Å²) in [6, 6.07) is 12.2. The second kappa shape index (κ2) is 5.72. The third-order valence-corrected chi connectivity index (χ3v) is 3.68. The Labute approximate surface area is 128 Å². The second-order valence-corrected chi connectivity index (χ2v) is 6.59. The highest BCUT2D eigenvalue weighted by molar-refractivity contribution is 9.11. The first-order valence-corrected chi connectivity index (χ1v) is 7.41. The molecule has 0 N–H and O–H groups in total. The van der Waals surface area contributed by atoms with Crippen molar-refractivity contribution in [2.24, 2.45) is 0 Å². The zero-order valence-electron chi connectivity index (χ0n) is 8.88. The predicted molar refractivity (Wildman–Crippen MR) is 84.2 cm³/mol. The molecule has 17 heavy (non-hydrogen) atoms. The number of hydrogen-bond acceptors (Lipinski definition) is 0. The third-order valence-electron chi connectivity index (χ3n) is 2.31. The van der Waals surface area contributed by atoms with Crippen LogP contribution in [0.1, 0.15) is 11.1 Å². The molecule has 2 rings (SSSR count). The van der Waals surface area contributed by atoms with Gasteiger partial charge in [0.2, 0.25) is 0 Å². The van der Waals surface area contributed by atoms with E-state index in [-0.39, 0.29) is 0 Å². The topological polar surface area (TPSA) is 0 Å². The van der Waals surface area contributed by atoms with Gasteiger partial charge in [0.1, 0.15) is 7.85 Å². The van der Waals surface area contributed by atoms with Gasteiger partial charge < -0.3 is 0 Å². The quantitative estimate of drug-likeness (QED) is 0.641. The lowest BCUT2D eigenvalue weighted by Crippen LogP contribution is -2.03. The highest BCUT2D eigenvalue weighted by Gasteiger charge is 2.01. The van der Waals surface area contributed by atoms with E-state index in [1.807, 2.05) is 18.2 Å². The summed E-state index contributed by atoms with van der Waals surface area (Å²) in [7, 11) is 5.82. The minimum Gasteiger partial charge on any atom is -0.0953 e. The number of benzene rings is 2. The second-order valence-electron chi connectivity index (χ2n) is 3.85. The molecule has 2 radical (unpaired) electrons. The van der Waals surface area contributed by atoms with E-state index in [2.05, 4.69) is 66.0 Å². The summed E-state index contributed by atoms with van der Waals surface area (Å²) in [6.45, 7) is 0. The molecule has 0 fully saturated rings. The average molecular weight is 415 g/mol. The molecular weight excluding hydrogens is 407 g/mol. The van der Waals surface area contributed by atoms with Crippen LogP contribution < -0.4 is 5.46 Å². The van der Waals surface area contributed by atoms with E-state index in [1.54, 1.807) is 0 Å². The van der Waals surface area contributed by atoms with Gasteiger partial charge in [-0.25, -0.2) is 0 Å². The molecule has 0 aliphatic heterocycles. The van der Waals surface area contributed by atoms with Gasteiger partial charge in [-0.05, 0) is 41.8 Å². The standard InChI is InChI=1S/C13H8BBr3/c14-10-2-8(3-11(15)6-10)1-9-4-12(16)7-13(17)5-9/h2-7H,1H2. The van der Waals surface area contributed by atoms with Gasteiger partial charge in [-0.2, -0.15) is 0 Å². The summed E-state index contributed by atoms with van der Waals surface area (Å²) in [6.07, 6.45) is 0.863. The molecule has 0 aliphatic carbocycles. The molecule has 84 valence electrons. The Morgan fingerprint density at radius 3 is 1.71 bits per heavy atom. The molecule has 0 saturated heterocycles. The van der Waals surface area contributed by atoms with Crippen molar-refractivity contribution in [3.8, 4) is 0 Å². The molecule has 0 amide bonds. The maximum absolute atomic E-state index is 5.82. The van der Waals surface area contributed by atoms with E-state index in [1.165, 1.54) is 11.1 Å². The SMILES string of the molecule is [B]c1cc(Br)cc(Cc2cc(Br)cc(Br)c2)c1. The van der Waals surface area contributed by atoms with Crippen molar-refractivity contribution in [3.05, 3.63) is 60.9 Å². The molecule has 0 nitrogen and oxygen atoms in total. The van der Waals surface area contributed by atoms with Crippen molar-refractivity contribution in [2.45, 2.75) is 6.42 Å². The molecule has 0 aromatic heterocycles. The van der Waals surface area contributed by atoms with Gasteiger partial charge in [0, 0.05) is 13.4 Å². The Morgan fingerprint density at radius 2 is 1.18 bits per heavy atom. The van der Waals surface area contributed by atoms with Crippen LogP contribution >= 0.6 is 47.8 Å². The van der Waals surface area contributed by atoms with Crippen molar-refractivity contribution in [1.29, 1.82) is 0 Å². The Bertz CT molecular complexity index is 462. The first kappa shape index (κ1) is 13.4. The van der Waals surface area contributed by atoms with Gasteiger partial charge >= 0.3 is 0 Å². The van der Waals surface area contributed by atoms with E-state index in [0.717, 1.165) is 25.3 Å². The molecule has 0 unspecified atom stereocenters. The van der Waals surface area contributed by atoms with Gasteiger partial charge in [-0.3, -0.25) is 0 Å². The molecule has 0 bridgehead atoms. The van der Waals surface area contributed by atoms with Crippen molar-refractivity contribution in [2.75, 3.05) is 0 Å². The lowest BCUT2D eigenvalue weighted by molar-refractivity contribution is 1.18. The third kappa shape index (κ3) is 3.97. The van der Waals surface area contributed by atoms with Crippen molar-refractivity contribution in [3.63, 3.8) is 0 Å². The van der Waals surface area contributed by atoms with Crippen LogP contribution in [0.2, 0.25) is 0 Å². The number of halogens is 3. The average Bonchev–Trinajstić information content (AvgIpc) is 2.13. The van der Waals surface area contributed by atoms with Crippen LogP contribution in [0.4, 0.5) is 0 Å². The summed E-state index contributed by atoms with van der Waals surface area (Å²) in [5, 5.41) is 0. The summed E-state index contributed by atoms with van der Waals surface area (Å²) in [5.41, 5.74) is 3.22. The summed E-state index contributed by atoms with van der Waals surface area (Å²) in [4.78, 5) is 0. The summed E-state index contributed by atoms with van der Waals surface area (Å²) < 4.78 is 3.16. The molecule has 0 aliphatic rings. The smallest absolute Gasteiger partial charge is 0.0953 e. The van der Waals surface area contributed by atoms with Crippen molar-refractivity contribution >= 4 is 61.1 Å². The fourth-order valence-corrected chi connectivity index (χ4v) is 3.67. The minimum atomic E-state index is 0.781. The summed E-state index contributed by atoms with van der Waals surface area (Å²) in [5.74, 6) is 0. The maximum atomic E-state index is 5.82. The molecular formula is C13H8BBr3. The first-order valence-electron chi connectivity index (χ1n) is 5.03. The monoisotopic (exact) mass is 412 g/mol. The van der Waals surface area contributed by atoms with Gasteiger partial charge in [0.25, 0.3) is 0 Å². The van der Waals surface area contributed by atoms with Crippen LogP contribution in [0, 0.1) is 0 Å². The predicted octanol–water partition coefficient (Wildman–Crippen LogP) is 4.36. The van der Waals surface area contributed by atoms with E-state index in [4.69, 9.17) is 7.85 Å². The Balaban J connectivity index is 2.31. The molecule has 0 heterocycles. The van der Waals surface area contributed by atoms with E-state index >= 15 is 0 Å². The van der Waals surface area contributed by atoms with Crippen molar-refractivity contribution in [1.82, 2.24) is 0 Å². The number of rotatable bonds is 2.